The van der Waals surface area contributed by atoms with E-state index in [1.807, 2.05) is 13.0 Å². The van der Waals surface area contributed by atoms with Crippen molar-refractivity contribution in [1.82, 2.24) is 9.97 Å². The first-order chi connectivity index (χ1) is 10.1. The highest BCUT2D eigenvalue weighted by Crippen LogP contribution is 2.30. The second kappa shape index (κ2) is 5.30. The lowest BCUT2D eigenvalue weighted by Crippen LogP contribution is -1.96. The van der Waals surface area contributed by atoms with Crippen molar-refractivity contribution in [2.75, 3.05) is 7.11 Å². The Morgan fingerprint density at radius 2 is 1.90 bits per heavy atom. The van der Waals surface area contributed by atoms with Gasteiger partial charge in [-0.3, -0.25) is 0 Å². The second-order valence-corrected chi connectivity index (χ2v) is 5.02. The first kappa shape index (κ1) is 13.8. The molecule has 0 fully saturated rings. The minimum atomic E-state index is -0.376. The third kappa shape index (κ3) is 2.43. The molecule has 0 bridgehead atoms. The van der Waals surface area contributed by atoms with E-state index in [0.29, 0.717) is 22.2 Å². The molecule has 0 N–H and O–H groups in total. The molecule has 1 aromatic heterocycles. The van der Waals surface area contributed by atoms with Gasteiger partial charge in [0.15, 0.2) is 5.82 Å². The predicted octanol–water partition coefficient (Wildman–Crippen LogP) is 4.41. The predicted molar refractivity (Wildman–Crippen MR) is 81.2 cm³/mol. The number of aromatic nitrogens is 2. The summed E-state index contributed by atoms with van der Waals surface area (Å²) in [7, 11) is 1.59. The zero-order valence-corrected chi connectivity index (χ0v) is 12.3. The first-order valence-corrected chi connectivity index (χ1v) is 6.74. The lowest BCUT2D eigenvalue weighted by Gasteiger charge is -2.09. The number of rotatable bonds is 2. The topological polar surface area (TPSA) is 35.0 Å². The zero-order valence-electron chi connectivity index (χ0n) is 11.5. The number of halogens is 2. The van der Waals surface area contributed by atoms with Crippen LogP contribution in [-0.2, 0) is 0 Å². The van der Waals surface area contributed by atoms with E-state index in [1.54, 1.807) is 31.4 Å². The van der Waals surface area contributed by atoms with Crippen LogP contribution in [0.5, 0.6) is 5.75 Å². The van der Waals surface area contributed by atoms with Crippen molar-refractivity contribution in [3.8, 4) is 17.1 Å². The van der Waals surface area contributed by atoms with E-state index in [1.165, 1.54) is 6.07 Å². The average molecular weight is 303 g/mol. The van der Waals surface area contributed by atoms with Crippen LogP contribution in [0.25, 0.3) is 22.3 Å². The van der Waals surface area contributed by atoms with Crippen molar-refractivity contribution in [1.29, 1.82) is 0 Å². The summed E-state index contributed by atoms with van der Waals surface area (Å²) in [6.45, 7) is 1.90. The molecule has 0 amide bonds. The molecule has 0 unspecified atom stereocenters. The van der Waals surface area contributed by atoms with Crippen LogP contribution in [0.15, 0.2) is 36.4 Å². The number of methoxy groups -OCH3 is 1. The molecule has 2 aromatic carbocycles. The molecule has 1 heterocycles. The molecule has 0 radical (unpaired) electrons. The number of nitrogens with zero attached hydrogens (tertiary/aromatic N) is 2. The molecule has 21 heavy (non-hydrogen) atoms. The number of fused-ring (bicyclic) bond motifs is 1. The fourth-order valence-corrected chi connectivity index (χ4v) is 2.44. The minimum absolute atomic E-state index is 0.277. The molecule has 0 aliphatic carbocycles. The van der Waals surface area contributed by atoms with Crippen LogP contribution in [0.4, 0.5) is 4.39 Å². The molecule has 0 saturated carbocycles. The third-order valence-corrected chi connectivity index (χ3v) is 3.56. The quantitative estimate of drug-likeness (QED) is 0.658. The summed E-state index contributed by atoms with van der Waals surface area (Å²) in [5, 5.41) is 0.967. The number of hydrogen-bond donors (Lipinski definition) is 0. The van der Waals surface area contributed by atoms with Gasteiger partial charge in [0.25, 0.3) is 0 Å². The highest BCUT2D eigenvalue weighted by molar-refractivity contribution is 6.34. The Morgan fingerprint density at radius 3 is 2.62 bits per heavy atom. The monoisotopic (exact) mass is 302 g/mol. The van der Waals surface area contributed by atoms with E-state index < -0.39 is 0 Å². The highest BCUT2D eigenvalue weighted by atomic mass is 35.5. The second-order valence-electron chi connectivity index (χ2n) is 4.66. The lowest BCUT2D eigenvalue weighted by atomic mass is 10.1. The minimum Gasteiger partial charge on any atom is -0.497 e. The lowest BCUT2D eigenvalue weighted by molar-refractivity contribution is 0.415. The molecule has 3 nitrogen and oxygen atoms in total. The van der Waals surface area contributed by atoms with Gasteiger partial charge in [0, 0.05) is 5.39 Å². The molecule has 3 rings (SSSR count). The summed E-state index contributed by atoms with van der Waals surface area (Å²) in [5.74, 6) is 0.585. The maximum Gasteiger partial charge on any atom is 0.164 e. The molecule has 0 aliphatic heterocycles. The summed E-state index contributed by atoms with van der Waals surface area (Å²) in [6.07, 6.45) is 0. The molecular formula is C16H12ClFN2O. The standard InChI is InChI=1S/C16H12ClFN2O/c1-9-7-10(21-2)8-12-14(9)19-16(20-15(12)17)11-5-3-4-6-13(11)18/h3-8H,1-2H3. The van der Waals surface area contributed by atoms with Crippen molar-refractivity contribution in [3.63, 3.8) is 0 Å². The first-order valence-electron chi connectivity index (χ1n) is 6.37. The Bertz CT molecular complexity index is 836. The van der Waals surface area contributed by atoms with Gasteiger partial charge in [-0.15, -0.1) is 0 Å². The Hall–Kier alpha value is -2.20. The van der Waals surface area contributed by atoms with Crippen molar-refractivity contribution >= 4 is 22.5 Å². The van der Waals surface area contributed by atoms with Gasteiger partial charge in [0.1, 0.15) is 16.7 Å². The highest BCUT2D eigenvalue weighted by Gasteiger charge is 2.13. The van der Waals surface area contributed by atoms with Gasteiger partial charge in [-0.2, -0.15) is 0 Å². The molecular weight excluding hydrogens is 291 g/mol. The van der Waals surface area contributed by atoms with E-state index in [2.05, 4.69) is 9.97 Å². The van der Waals surface area contributed by atoms with Gasteiger partial charge < -0.3 is 4.74 Å². The maximum absolute atomic E-state index is 13.9. The van der Waals surface area contributed by atoms with Gasteiger partial charge in [0.05, 0.1) is 18.2 Å². The van der Waals surface area contributed by atoms with Crippen LogP contribution in [0.3, 0.4) is 0 Å². The Labute approximate surface area is 126 Å². The summed E-state index contributed by atoms with van der Waals surface area (Å²) < 4.78 is 19.1. The summed E-state index contributed by atoms with van der Waals surface area (Å²) in [4.78, 5) is 8.66. The van der Waals surface area contributed by atoms with Crippen LogP contribution in [0.1, 0.15) is 5.56 Å². The fraction of sp³-hybridized carbons (Fsp3) is 0.125. The summed E-state index contributed by atoms with van der Waals surface area (Å²) >= 11 is 6.24. The smallest absolute Gasteiger partial charge is 0.164 e. The van der Waals surface area contributed by atoms with Crippen LogP contribution in [0, 0.1) is 12.7 Å². The van der Waals surface area contributed by atoms with E-state index in [9.17, 15) is 4.39 Å². The summed E-state index contributed by atoms with van der Waals surface area (Å²) in [6, 6.07) is 9.99. The number of ether oxygens (including phenoxy) is 1. The van der Waals surface area contributed by atoms with Crippen LogP contribution >= 0.6 is 11.6 Å². The van der Waals surface area contributed by atoms with E-state index in [-0.39, 0.29) is 16.8 Å². The van der Waals surface area contributed by atoms with E-state index in [0.717, 1.165) is 5.56 Å². The maximum atomic E-state index is 13.9. The van der Waals surface area contributed by atoms with Gasteiger partial charge in [-0.1, -0.05) is 23.7 Å². The average Bonchev–Trinajstić information content (AvgIpc) is 2.48. The van der Waals surface area contributed by atoms with Gasteiger partial charge in [-0.25, -0.2) is 14.4 Å². The number of aryl methyl sites for hydroxylation is 1. The van der Waals surface area contributed by atoms with Crippen molar-refractivity contribution in [2.24, 2.45) is 0 Å². The molecule has 5 heteroatoms. The number of benzene rings is 2. The van der Waals surface area contributed by atoms with Gasteiger partial charge in [0.2, 0.25) is 0 Å². The molecule has 0 aliphatic rings. The largest absolute Gasteiger partial charge is 0.497 e. The van der Waals surface area contributed by atoms with Gasteiger partial charge in [-0.05, 0) is 36.8 Å². The van der Waals surface area contributed by atoms with Crippen molar-refractivity contribution in [3.05, 3.63) is 52.9 Å². The van der Waals surface area contributed by atoms with E-state index >= 15 is 0 Å². The third-order valence-electron chi connectivity index (χ3n) is 3.27. The number of hydrogen-bond acceptors (Lipinski definition) is 3. The molecule has 0 atom stereocenters. The van der Waals surface area contributed by atoms with Crippen molar-refractivity contribution in [2.45, 2.75) is 6.92 Å². The molecule has 0 spiro atoms. The van der Waals surface area contributed by atoms with Gasteiger partial charge >= 0.3 is 0 Å². The molecule has 0 saturated heterocycles. The van der Waals surface area contributed by atoms with Crippen LogP contribution in [-0.4, -0.2) is 17.1 Å². The van der Waals surface area contributed by atoms with Crippen molar-refractivity contribution < 1.29 is 9.13 Å². The SMILES string of the molecule is COc1cc(C)c2nc(-c3ccccc3F)nc(Cl)c2c1. The molecule has 106 valence electrons. The van der Waals surface area contributed by atoms with E-state index in [4.69, 9.17) is 16.3 Å². The summed E-state index contributed by atoms with van der Waals surface area (Å²) in [5.41, 5.74) is 1.91. The van der Waals surface area contributed by atoms with Crippen LogP contribution < -0.4 is 4.74 Å². The fourth-order valence-electron chi connectivity index (χ4n) is 2.22. The zero-order chi connectivity index (χ0) is 15.0. The molecule has 3 aromatic rings. The normalized spacial score (nSPS) is 10.9. The van der Waals surface area contributed by atoms with Crippen LogP contribution in [0.2, 0.25) is 5.15 Å². The Kier molecular flexibility index (Phi) is 3.47. The Balaban J connectivity index is 2.29. The Morgan fingerprint density at radius 1 is 1.14 bits per heavy atom.